The van der Waals surface area contributed by atoms with Gasteiger partial charge in [0.2, 0.25) is 11.1 Å². The zero-order valence-electron chi connectivity index (χ0n) is 26.8. The van der Waals surface area contributed by atoms with Gasteiger partial charge >= 0.3 is 0 Å². The molecule has 1 amide bonds. The Morgan fingerprint density at radius 3 is 2.49 bits per heavy atom. The molecule has 0 bridgehead atoms. The molecule has 0 radical (unpaired) electrons. The molecule has 1 aliphatic rings. The van der Waals surface area contributed by atoms with Crippen LogP contribution in [0.1, 0.15) is 69.8 Å². The van der Waals surface area contributed by atoms with Gasteiger partial charge in [-0.1, -0.05) is 75.9 Å². The van der Waals surface area contributed by atoms with Crippen molar-refractivity contribution in [1.82, 2.24) is 14.8 Å². The highest BCUT2D eigenvalue weighted by Crippen LogP contribution is 2.43. The normalized spacial score (nSPS) is 14.5. The number of aromatic nitrogens is 3. The average molecular weight is 691 g/mol. The standard InChI is InChI=1S/C35H40BrN5O3S/c1-8-43-28-19-24(18-27(36)31(28)44-20-23-13-15-25(16-14-23)35(5,6)7)30-29(32(42)38-26-12-10-11-21(3)17-26)22(4)37-33-39-34(45-9-2)40-41(30)33/h10-19,30H,8-9,20H2,1-7H3,(H,38,42)(H,37,39,40). The van der Waals surface area contributed by atoms with Gasteiger partial charge in [0, 0.05) is 11.4 Å². The number of amides is 1. The lowest BCUT2D eigenvalue weighted by atomic mass is 9.87. The van der Waals surface area contributed by atoms with Gasteiger partial charge in [-0.3, -0.25) is 4.79 Å². The van der Waals surface area contributed by atoms with Gasteiger partial charge in [-0.05, 0) is 94.4 Å². The van der Waals surface area contributed by atoms with Crippen molar-refractivity contribution in [1.29, 1.82) is 0 Å². The highest BCUT2D eigenvalue weighted by Gasteiger charge is 2.35. The zero-order valence-corrected chi connectivity index (χ0v) is 29.2. The second-order valence-electron chi connectivity index (χ2n) is 12.0. The van der Waals surface area contributed by atoms with Crippen molar-refractivity contribution < 1.29 is 14.3 Å². The van der Waals surface area contributed by atoms with Crippen LogP contribution in [0, 0.1) is 6.92 Å². The maximum absolute atomic E-state index is 14.0. The van der Waals surface area contributed by atoms with E-state index >= 15 is 0 Å². The van der Waals surface area contributed by atoms with Crippen LogP contribution < -0.4 is 20.1 Å². The summed E-state index contributed by atoms with van der Waals surface area (Å²) in [4.78, 5) is 18.7. The van der Waals surface area contributed by atoms with Crippen LogP contribution in [0.3, 0.4) is 0 Å². The molecule has 0 saturated carbocycles. The van der Waals surface area contributed by atoms with Crippen LogP contribution in [0.2, 0.25) is 0 Å². The second-order valence-corrected chi connectivity index (χ2v) is 14.1. The molecular weight excluding hydrogens is 650 g/mol. The summed E-state index contributed by atoms with van der Waals surface area (Å²) in [5.74, 6) is 2.35. The average Bonchev–Trinajstić information content (AvgIpc) is 3.37. The van der Waals surface area contributed by atoms with Gasteiger partial charge in [0.1, 0.15) is 12.6 Å². The highest BCUT2D eigenvalue weighted by atomic mass is 79.9. The number of carbonyl (C=O) groups excluding carboxylic acids is 1. The fourth-order valence-electron chi connectivity index (χ4n) is 5.25. The Balaban J connectivity index is 1.53. The number of thioether (sulfide) groups is 1. The van der Waals surface area contributed by atoms with E-state index in [0.717, 1.165) is 28.1 Å². The number of ether oxygens (including phenoxy) is 2. The van der Waals surface area contributed by atoms with E-state index < -0.39 is 6.04 Å². The summed E-state index contributed by atoms with van der Waals surface area (Å²) >= 11 is 5.31. The predicted molar refractivity (Wildman–Crippen MR) is 185 cm³/mol. The summed E-state index contributed by atoms with van der Waals surface area (Å²) in [7, 11) is 0. The van der Waals surface area contributed by atoms with Crippen molar-refractivity contribution in [3.63, 3.8) is 0 Å². The zero-order chi connectivity index (χ0) is 32.3. The Kier molecular flexibility index (Phi) is 9.94. The summed E-state index contributed by atoms with van der Waals surface area (Å²) in [6.45, 7) is 15.3. The SMILES string of the molecule is CCOc1cc(C2C(C(=O)Nc3cccc(C)c3)=C(C)Nc3nc(SCC)nn32)cc(Br)c1OCc1ccc(C(C)(C)C)cc1. The molecule has 3 aromatic carbocycles. The van der Waals surface area contributed by atoms with Crippen molar-refractivity contribution in [3.05, 3.63) is 98.7 Å². The number of halogens is 1. The first-order chi connectivity index (χ1) is 21.5. The largest absolute Gasteiger partial charge is 0.490 e. The van der Waals surface area contributed by atoms with Crippen molar-refractivity contribution in [3.8, 4) is 11.5 Å². The van der Waals surface area contributed by atoms with Crippen molar-refractivity contribution in [2.45, 2.75) is 71.7 Å². The van der Waals surface area contributed by atoms with Gasteiger partial charge in [-0.25, -0.2) is 4.68 Å². The second kappa shape index (κ2) is 13.7. The lowest BCUT2D eigenvalue weighted by Crippen LogP contribution is -2.31. The summed E-state index contributed by atoms with van der Waals surface area (Å²) in [6.07, 6.45) is 0. The van der Waals surface area contributed by atoms with E-state index in [1.165, 1.54) is 5.56 Å². The Labute approximate surface area is 278 Å². The summed E-state index contributed by atoms with van der Waals surface area (Å²) in [5.41, 5.74) is 6.23. The molecule has 1 unspecified atom stereocenters. The lowest BCUT2D eigenvalue weighted by molar-refractivity contribution is -0.113. The van der Waals surface area contributed by atoms with E-state index in [4.69, 9.17) is 19.6 Å². The van der Waals surface area contributed by atoms with Crippen LogP contribution in [-0.4, -0.2) is 33.0 Å². The molecule has 0 spiro atoms. The molecule has 2 heterocycles. The van der Waals surface area contributed by atoms with Gasteiger partial charge < -0.3 is 20.1 Å². The number of anilines is 2. The monoisotopic (exact) mass is 689 g/mol. The van der Waals surface area contributed by atoms with Gasteiger partial charge in [-0.2, -0.15) is 4.98 Å². The Hall–Kier alpha value is -3.76. The number of carbonyl (C=O) groups is 1. The maximum Gasteiger partial charge on any atom is 0.255 e. The molecule has 8 nitrogen and oxygen atoms in total. The van der Waals surface area contributed by atoms with Crippen molar-refractivity contribution in [2.75, 3.05) is 23.0 Å². The highest BCUT2D eigenvalue weighted by molar-refractivity contribution is 9.10. The van der Waals surface area contributed by atoms with Gasteiger partial charge in [0.05, 0.1) is 16.7 Å². The van der Waals surface area contributed by atoms with Crippen LogP contribution in [0.15, 0.2) is 81.6 Å². The summed E-state index contributed by atoms with van der Waals surface area (Å²) in [5, 5.41) is 11.9. The van der Waals surface area contributed by atoms with Crippen molar-refractivity contribution in [2.24, 2.45) is 0 Å². The van der Waals surface area contributed by atoms with E-state index in [1.54, 1.807) is 16.4 Å². The minimum absolute atomic E-state index is 0.0809. The lowest BCUT2D eigenvalue weighted by Gasteiger charge is -2.29. The first-order valence-electron chi connectivity index (χ1n) is 15.1. The number of nitrogens with zero attached hydrogens (tertiary/aromatic N) is 3. The minimum Gasteiger partial charge on any atom is -0.490 e. The molecule has 4 aromatic rings. The van der Waals surface area contributed by atoms with Crippen LogP contribution in [-0.2, 0) is 16.8 Å². The van der Waals surface area contributed by atoms with Crippen LogP contribution in [0.4, 0.5) is 11.6 Å². The first-order valence-corrected chi connectivity index (χ1v) is 16.9. The number of aryl methyl sites for hydroxylation is 1. The van der Waals surface area contributed by atoms with E-state index in [1.807, 2.05) is 57.2 Å². The van der Waals surface area contributed by atoms with Gasteiger partial charge in [-0.15, -0.1) is 5.10 Å². The summed E-state index contributed by atoms with van der Waals surface area (Å²) < 4.78 is 15.0. The Morgan fingerprint density at radius 2 is 1.82 bits per heavy atom. The molecule has 236 valence electrons. The minimum atomic E-state index is -0.570. The number of rotatable bonds is 10. The fourth-order valence-corrected chi connectivity index (χ4v) is 6.38. The number of allylic oxidation sites excluding steroid dienone is 1. The molecule has 0 saturated heterocycles. The molecule has 10 heteroatoms. The molecule has 0 aliphatic carbocycles. The molecule has 45 heavy (non-hydrogen) atoms. The van der Waals surface area contributed by atoms with Crippen LogP contribution in [0.25, 0.3) is 0 Å². The number of hydrogen-bond donors (Lipinski definition) is 2. The predicted octanol–water partition coefficient (Wildman–Crippen LogP) is 8.66. The smallest absolute Gasteiger partial charge is 0.255 e. The molecular formula is C35H40BrN5O3S. The summed E-state index contributed by atoms with van der Waals surface area (Å²) in [6, 6.07) is 19.6. The first kappa shape index (κ1) is 32.6. The third-order valence-electron chi connectivity index (χ3n) is 7.48. The van der Waals surface area contributed by atoms with E-state index in [0.29, 0.717) is 51.6 Å². The fraction of sp³-hybridized carbons (Fsp3) is 0.343. The number of hydrogen-bond acceptors (Lipinski definition) is 7. The topological polar surface area (TPSA) is 90.3 Å². The Morgan fingerprint density at radius 1 is 1.07 bits per heavy atom. The third-order valence-corrected chi connectivity index (χ3v) is 8.79. The van der Waals surface area contributed by atoms with Crippen molar-refractivity contribution >= 4 is 45.2 Å². The number of fused-ring (bicyclic) bond motifs is 1. The molecule has 1 aromatic heterocycles. The van der Waals surface area contributed by atoms with Gasteiger partial charge in [0.25, 0.3) is 5.91 Å². The van der Waals surface area contributed by atoms with Crippen LogP contribution in [0.5, 0.6) is 11.5 Å². The molecule has 1 aliphatic heterocycles. The van der Waals surface area contributed by atoms with E-state index in [2.05, 4.69) is 78.5 Å². The Bertz CT molecular complexity index is 1730. The number of nitrogens with one attached hydrogen (secondary N) is 2. The third kappa shape index (κ3) is 7.39. The van der Waals surface area contributed by atoms with E-state index in [9.17, 15) is 4.79 Å². The molecule has 0 fully saturated rings. The van der Waals surface area contributed by atoms with Gasteiger partial charge in [0.15, 0.2) is 11.5 Å². The molecule has 2 N–H and O–H groups in total. The quantitative estimate of drug-likeness (QED) is 0.161. The van der Waals surface area contributed by atoms with E-state index in [-0.39, 0.29) is 11.3 Å². The maximum atomic E-state index is 14.0. The molecule has 1 atom stereocenters. The van der Waals surface area contributed by atoms with Crippen LogP contribution >= 0.6 is 27.7 Å². The molecule has 5 rings (SSSR count). The number of benzene rings is 3.